The van der Waals surface area contributed by atoms with Gasteiger partial charge in [0.05, 0.1) is 21.3 Å². The molecule has 0 saturated carbocycles. The Bertz CT molecular complexity index is 2350. The molecule has 4 heteroatoms. The minimum atomic E-state index is 1.01. The second-order valence-corrected chi connectivity index (χ2v) is 12.0. The highest BCUT2D eigenvalue weighted by atomic mass is 32.1. The lowest BCUT2D eigenvalue weighted by molar-refractivity contribution is 1.15. The normalized spacial score (nSPS) is 12.1. The van der Waals surface area contributed by atoms with Crippen LogP contribution < -0.4 is 0 Å². The van der Waals surface area contributed by atoms with Crippen LogP contribution in [-0.2, 0) is 0 Å². The molecule has 2 nitrogen and oxygen atoms in total. The lowest BCUT2D eigenvalue weighted by Crippen LogP contribution is -1.92. The van der Waals surface area contributed by atoms with Crippen molar-refractivity contribution >= 4 is 85.6 Å². The fraction of sp³-hybridized carbons (Fsp3) is 0. The molecule has 0 aliphatic heterocycles. The van der Waals surface area contributed by atoms with Crippen molar-refractivity contribution in [1.29, 1.82) is 0 Å². The van der Waals surface area contributed by atoms with Crippen LogP contribution >= 0.6 is 22.7 Å². The summed E-state index contributed by atoms with van der Waals surface area (Å²) in [6.45, 7) is 0. The second kappa shape index (κ2) is 8.00. The number of thiazole rings is 1. The minimum absolute atomic E-state index is 1.01. The van der Waals surface area contributed by atoms with E-state index in [4.69, 9.17) is 4.98 Å². The number of rotatable bonds is 2. The number of para-hydroxylation sites is 2. The van der Waals surface area contributed by atoms with Gasteiger partial charge in [0.2, 0.25) is 0 Å². The Hall–Kier alpha value is -4.51. The van der Waals surface area contributed by atoms with Crippen LogP contribution in [0.25, 0.3) is 79.2 Å². The SMILES string of the molecule is c1ccc2cc(-c3cc4nc(-n5c6ccccc6c6ccccc65)sc4c4c3sc3ccccc34)ccc2c1. The molecule has 3 aromatic heterocycles. The summed E-state index contributed by atoms with van der Waals surface area (Å²) in [6.07, 6.45) is 0. The highest BCUT2D eigenvalue weighted by Gasteiger charge is 2.20. The average molecular weight is 533 g/mol. The molecule has 0 aliphatic rings. The maximum atomic E-state index is 5.33. The molecule has 0 N–H and O–H groups in total. The highest BCUT2D eigenvalue weighted by Crippen LogP contribution is 2.47. The number of thiophene rings is 1. The Morgan fingerprint density at radius 1 is 0.538 bits per heavy atom. The first-order chi connectivity index (χ1) is 19.3. The smallest absolute Gasteiger partial charge is 0.195 e. The van der Waals surface area contributed by atoms with Gasteiger partial charge >= 0.3 is 0 Å². The van der Waals surface area contributed by atoms with Gasteiger partial charge in [-0.05, 0) is 46.7 Å². The first-order valence-corrected chi connectivity index (χ1v) is 14.7. The van der Waals surface area contributed by atoms with Gasteiger partial charge in [-0.3, -0.25) is 4.57 Å². The summed E-state index contributed by atoms with van der Waals surface area (Å²) in [5.41, 5.74) is 5.93. The fourth-order valence-corrected chi connectivity index (χ4v) is 8.51. The van der Waals surface area contributed by atoms with Crippen LogP contribution in [0, 0.1) is 0 Å². The molecule has 0 bridgehead atoms. The maximum absolute atomic E-state index is 5.33. The van der Waals surface area contributed by atoms with Gasteiger partial charge in [-0.1, -0.05) is 102 Å². The molecule has 3 heterocycles. The fourth-order valence-electron chi connectivity index (χ4n) is 6.06. The van der Waals surface area contributed by atoms with Crippen molar-refractivity contribution < 1.29 is 0 Å². The van der Waals surface area contributed by atoms with E-state index in [0.717, 1.165) is 10.6 Å². The third-order valence-corrected chi connectivity index (χ3v) is 10.1. The van der Waals surface area contributed by atoms with Crippen molar-refractivity contribution in [1.82, 2.24) is 9.55 Å². The Morgan fingerprint density at radius 2 is 1.21 bits per heavy atom. The van der Waals surface area contributed by atoms with E-state index in [1.165, 1.54) is 68.6 Å². The largest absolute Gasteiger partial charge is 0.285 e. The first-order valence-electron chi connectivity index (χ1n) is 13.1. The van der Waals surface area contributed by atoms with Gasteiger partial charge in [-0.2, -0.15) is 0 Å². The Labute approximate surface area is 232 Å². The maximum Gasteiger partial charge on any atom is 0.195 e. The number of benzene rings is 6. The average Bonchev–Trinajstić information content (AvgIpc) is 3.67. The van der Waals surface area contributed by atoms with E-state index >= 15 is 0 Å². The Kier molecular flexibility index (Phi) is 4.39. The molecule has 0 aliphatic carbocycles. The topological polar surface area (TPSA) is 17.8 Å². The summed E-state index contributed by atoms with van der Waals surface area (Å²) >= 11 is 3.69. The van der Waals surface area contributed by atoms with Crippen LogP contribution in [0.5, 0.6) is 0 Å². The van der Waals surface area contributed by atoms with Crippen LogP contribution in [0.3, 0.4) is 0 Å². The number of aromatic nitrogens is 2. The zero-order valence-electron chi connectivity index (χ0n) is 20.8. The van der Waals surface area contributed by atoms with Crippen molar-refractivity contribution in [3.8, 4) is 16.3 Å². The van der Waals surface area contributed by atoms with Crippen molar-refractivity contribution in [2.24, 2.45) is 0 Å². The van der Waals surface area contributed by atoms with Gasteiger partial charge in [-0.25, -0.2) is 4.98 Å². The number of hydrogen-bond donors (Lipinski definition) is 0. The monoisotopic (exact) mass is 532 g/mol. The van der Waals surface area contributed by atoms with Crippen molar-refractivity contribution in [2.45, 2.75) is 0 Å². The molecule has 0 amide bonds. The van der Waals surface area contributed by atoms with Gasteiger partial charge in [0.1, 0.15) is 0 Å². The molecule has 9 aromatic rings. The van der Waals surface area contributed by atoms with E-state index < -0.39 is 0 Å². The molecule has 0 unspecified atom stereocenters. The summed E-state index contributed by atoms with van der Waals surface area (Å²) < 4.78 is 6.24. The molecular formula is C35H20N2S2. The Balaban J connectivity index is 1.40. The van der Waals surface area contributed by atoms with Crippen LogP contribution in [0.2, 0.25) is 0 Å². The molecule has 0 atom stereocenters. The number of fused-ring (bicyclic) bond motifs is 9. The molecule has 6 aromatic carbocycles. The molecule has 0 saturated heterocycles. The zero-order valence-corrected chi connectivity index (χ0v) is 22.4. The molecule has 0 radical (unpaired) electrons. The molecule has 0 fully saturated rings. The second-order valence-electron chi connectivity index (χ2n) is 10.0. The summed E-state index contributed by atoms with van der Waals surface area (Å²) in [6, 6.07) is 43.8. The quantitative estimate of drug-likeness (QED) is 0.216. The zero-order chi connectivity index (χ0) is 25.5. The number of nitrogens with zero attached hydrogens (tertiary/aromatic N) is 2. The van der Waals surface area contributed by atoms with Crippen molar-refractivity contribution in [3.63, 3.8) is 0 Å². The van der Waals surface area contributed by atoms with Gasteiger partial charge in [0.15, 0.2) is 5.13 Å². The molecule has 182 valence electrons. The van der Waals surface area contributed by atoms with E-state index in [2.05, 4.69) is 126 Å². The van der Waals surface area contributed by atoms with Gasteiger partial charge in [-0.15, -0.1) is 11.3 Å². The van der Waals surface area contributed by atoms with E-state index in [0.29, 0.717) is 0 Å². The predicted molar refractivity (Wildman–Crippen MR) is 170 cm³/mol. The van der Waals surface area contributed by atoms with Gasteiger partial charge < -0.3 is 0 Å². The molecule has 9 rings (SSSR count). The number of hydrogen-bond acceptors (Lipinski definition) is 3. The first kappa shape index (κ1) is 21.4. The molecular weight excluding hydrogens is 513 g/mol. The lowest BCUT2D eigenvalue weighted by Gasteiger charge is -2.07. The minimum Gasteiger partial charge on any atom is -0.285 e. The van der Waals surface area contributed by atoms with E-state index in [1.807, 2.05) is 11.3 Å². The highest BCUT2D eigenvalue weighted by molar-refractivity contribution is 7.28. The van der Waals surface area contributed by atoms with E-state index in [-0.39, 0.29) is 0 Å². The summed E-state index contributed by atoms with van der Waals surface area (Å²) in [5.74, 6) is 0. The van der Waals surface area contributed by atoms with Crippen molar-refractivity contribution in [3.05, 3.63) is 121 Å². The summed E-state index contributed by atoms with van der Waals surface area (Å²) in [5, 5.41) is 8.68. The van der Waals surface area contributed by atoms with Crippen LogP contribution in [0.15, 0.2) is 121 Å². The summed E-state index contributed by atoms with van der Waals surface area (Å²) in [7, 11) is 0. The van der Waals surface area contributed by atoms with Crippen LogP contribution in [0.4, 0.5) is 0 Å². The Morgan fingerprint density at radius 3 is 2.00 bits per heavy atom. The third kappa shape index (κ3) is 3.04. The standard InChI is InChI=1S/C35H20N2S2/c1-2-10-22-19-23(18-17-21(22)9-1)27-20-28-34(32-26-13-5-8-16-31(26)38-33(27)32)39-35(36-28)37-29-14-6-3-11-24(29)25-12-4-7-15-30(25)37/h1-20H. The third-order valence-electron chi connectivity index (χ3n) is 7.82. The van der Waals surface area contributed by atoms with Gasteiger partial charge in [0.25, 0.3) is 0 Å². The molecule has 0 spiro atoms. The van der Waals surface area contributed by atoms with Gasteiger partial charge in [0, 0.05) is 36.5 Å². The molecule has 39 heavy (non-hydrogen) atoms. The van der Waals surface area contributed by atoms with E-state index in [9.17, 15) is 0 Å². The summed E-state index contributed by atoms with van der Waals surface area (Å²) in [4.78, 5) is 5.33. The predicted octanol–water partition coefficient (Wildman–Crippen LogP) is 10.6. The lowest BCUT2D eigenvalue weighted by atomic mass is 9.99. The van der Waals surface area contributed by atoms with Crippen LogP contribution in [0.1, 0.15) is 0 Å². The van der Waals surface area contributed by atoms with E-state index in [1.54, 1.807) is 11.3 Å². The van der Waals surface area contributed by atoms with Crippen LogP contribution in [-0.4, -0.2) is 9.55 Å². The van der Waals surface area contributed by atoms with Crippen molar-refractivity contribution in [2.75, 3.05) is 0 Å².